The molecule has 0 aromatic heterocycles. The van der Waals surface area contributed by atoms with Crippen molar-refractivity contribution in [3.8, 4) is 5.75 Å². The Morgan fingerprint density at radius 1 is 1.50 bits per heavy atom. The number of benzene rings is 1. The zero-order valence-electron chi connectivity index (χ0n) is 9.26. The zero-order valence-corrected chi connectivity index (χ0v) is 10.0. The van der Waals surface area contributed by atoms with E-state index < -0.39 is 0 Å². The van der Waals surface area contributed by atoms with E-state index in [1.165, 1.54) is 5.56 Å². The van der Waals surface area contributed by atoms with E-state index in [-0.39, 0.29) is 0 Å². The molecule has 0 bridgehead atoms. The largest absolute Gasteiger partial charge is 0.493 e. The van der Waals surface area contributed by atoms with Crippen molar-refractivity contribution < 1.29 is 4.74 Å². The van der Waals surface area contributed by atoms with Gasteiger partial charge in [-0.1, -0.05) is 17.7 Å². The maximum Gasteiger partial charge on any atom is 0.127 e. The third-order valence-corrected chi connectivity index (χ3v) is 2.88. The Bertz CT molecular complexity index is 390. The van der Waals surface area contributed by atoms with Crippen LogP contribution in [0, 0.1) is 0 Å². The van der Waals surface area contributed by atoms with Gasteiger partial charge in [0.25, 0.3) is 0 Å². The molecule has 2 rings (SSSR count). The monoisotopic (exact) mass is 237 g/mol. The lowest BCUT2D eigenvalue weighted by Gasteiger charge is -2.09. The Hall–Kier alpha value is -0.990. The summed E-state index contributed by atoms with van der Waals surface area (Å²) in [5, 5.41) is 4.15. The fourth-order valence-corrected chi connectivity index (χ4v) is 2.17. The first-order valence-electron chi connectivity index (χ1n) is 5.57. The van der Waals surface area contributed by atoms with Crippen LogP contribution < -0.4 is 10.1 Å². The van der Waals surface area contributed by atoms with Crippen LogP contribution in [0.25, 0.3) is 0 Å². The van der Waals surface area contributed by atoms with Crippen LogP contribution >= 0.6 is 11.6 Å². The minimum atomic E-state index is 0.773. The third-order valence-electron chi connectivity index (χ3n) is 2.67. The smallest absolute Gasteiger partial charge is 0.127 e. The van der Waals surface area contributed by atoms with Crippen molar-refractivity contribution in [1.82, 2.24) is 5.32 Å². The molecule has 1 aromatic rings. The Labute approximate surface area is 101 Å². The third kappa shape index (κ3) is 2.57. The molecular weight excluding hydrogens is 222 g/mol. The highest BCUT2D eigenvalue weighted by Gasteiger charge is 2.16. The summed E-state index contributed by atoms with van der Waals surface area (Å²) in [5.74, 6) is 1.02. The molecule has 3 heteroatoms. The number of rotatable bonds is 5. The van der Waals surface area contributed by atoms with Crippen LogP contribution in [0.2, 0.25) is 5.02 Å². The summed E-state index contributed by atoms with van der Waals surface area (Å²) in [6.07, 6.45) is 3.85. The van der Waals surface area contributed by atoms with Crippen LogP contribution in [-0.2, 0) is 13.0 Å². The Morgan fingerprint density at radius 3 is 3.19 bits per heavy atom. The van der Waals surface area contributed by atoms with Crippen molar-refractivity contribution in [1.29, 1.82) is 0 Å². The van der Waals surface area contributed by atoms with E-state index in [2.05, 4.69) is 11.9 Å². The van der Waals surface area contributed by atoms with Crippen LogP contribution in [0.1, 0.15) is 17.5 Å². The molecule has 0 saturated heterocycles. The molecule has 0 radical (unpaired) electrons. The number of halogens is 1. The van der Waals surface area contributed by atoms with Gasteiger partial charge in [-0.3, -0.25) is 0 Å². The summed E-state index contributed by atoms with van der Waals surface area (Å²) in [7, 11) is 0. The molecule has 0 spiro atoms. The maximum absolute atomic E-state index is 6.07. The zero-order chi connectivity index (χ0) is 11.4. The van der Waals surface area contributed by atoms with E-state index >= 15 is 0 Å². The first-order valence-corrected chi connectivity index (χ1v) is 5.95. The van der Waals surface area contributed by atoms with Crippen LogP contribution in [-0.4, -0.2) is 13.2 Å². The first-order chi connectivity index (χ1) is 7.81. The van der Waals surface area contributed by atoms with Crippen molar-refractivity contribution in [2.45, 2.75) is 19.4 Å². The summed E-state index contributed by atoms with van der Waals surface area (Å²) < 4.78 is 5.62. The summed E-state index contributed by atoms with van der Waals surface area (Å²) in [5.41, 5.74) is 2.39. The predicted molar refractivity (Wildman–Crippen MR) is 67.2 cm³/mol. The number of fused-ring (bicyclic) bond motifs is 1. The van der Waals surface area contributed by atoms with Gasteiger partial charge in [-0.2, -0.15) is 0 Å². The second-order valence-corrected chi connectivity index (χ2v) is 4.34. The molecule has 1 heterocycles. The molecule has 1 aliphatic heterocycles. The van der Waals surface area contributed by atoms with Crippen molar-refractivity contribution in [3.63, 3.8) is 0 Å². The molecule has 16 heavy (non-hydrogen) atoms. The van der Waals surface area contributed by atoms with Gasteiger partial charge in [0, 0.05) is 23.6 Å². The predicted octanol–water partition coefficient (Wildman–Crippen LogP) is 2.94. The summed E-state index contributed by atoms with van der Waals surface area (Å²) >= 11 is 6.07. The van der Waals surface area contributed by atoms with Gasteiger partial charge in [0.2, 0.25) is 0 Å². The van der Waals surface area contributed by atoms with Gasteiger partial charge < -0.3 is 10.1 Å². The molecule has 0 atom stereocenters. The van der Waals surface area contributed by atoms with Crippen LogP contribution in [0.3, 0.4) is 0 Å². The van der Waals surface area contributed by atoms with Gasteiger partial charge >= 0.3 is 0 Å². The minimum absolute atomic E-state index is 0.773. The van der Waals surface area contributed by atoms with E-state index in [9.17, 15) is 0 Å². The number of ether oxygens (including phenoxy) is 1. The topological polar surface area (TPSA) is 21.3 Å². The Balaban J connectivity index is 2.05. The normalized spacial score (nSPS) is 13.3. The highest BCUT2D eigenvalue weighted by atomic mass is 35.5. The van der Waals surface area contributed by atoms with Gasteiger partial charge in [0.15, 0.2) is 0 Å². The first kappa shape index (κ1) is 11.5. The average molecular weight is 238 g/mol. The molecule has 1 aromatic carbocycles. The molecule has 0 unspecified atom stereocenters. The highest BCUT2D eigenvalue weighted by molar-refractivity contribution is 6.30. The summed E-state index contributed by atoms with van der Waals surface area (Å²) in [6.45, 7) is 6.20. The van der Waals surface area contributed by atoms with Gasteiger partial charge in [-0.25, -0.2) is 0 Å². The van der Waals surface area contributed by atoms with Gasteiger partial charge in [-0.15, -0.1) is 6.58 Å². The second-order valence-electron chi connectivity index (χ2n) is 3.91. The Morgan fingerprint density at radius 2 is 2.38 bits per heavy atom. The highest BCUT2D eigenvalue weighted by Crippen LogP contribution is 2.32. The number of hydrogen-bond donors (Lipinski definition) is 1. The molecule has 0 fully saturated rings. The quantitative estimate of drug-likeness (QED) is 0.628. The van der Waals surface area contributed by atoms with Crippen molar-refractivity contribution in [3.05, 3.63) is 40.9 Å². The van der Waals surface area contributed by atoms with E-state index in [4.69, 9.17) is 16.3 Å². The van der Waals surface area contributed by atoms with Crippen LogP contribution in [0.5, 0.6) is 5.75 Å². The SMILES string of the molecule is C=CCCNCc1cc(Cl)cc2c1OCC2. The van der Waals surface area contributed by atoms with E-state index in [0.29, 0.717) is 0 Å². The van der Waals surface area contributed by atoms with Crippen LogP contribution in [0.4, 0.5) is 0 Å². The fraction of sp³-hybridized carbons (Fsp3) is 0.385. The molecule has 0 amide bonds. The van der Waals surface area contributed by atoms with Gasteiger partial charge in [0.1, 0.15) is 5.75 Å². The number of nitrogens with one attached hydrogen (secondary N) is 1. The summed E-state index contributed by atoms with van der Waals surface area (Å²) in [4.78, 5) is 0. The lowest BCUT2D eigenvalue weighted by atomic mass is 10.1. The van der Waals surface area contributed by atoms with E-state index in [1.54, 1.807) is 0 Å². The van der Waals surface area contributed by atoms with Gasteiger partial charge in [-0.05, 0) is 30.7 Å². The van der Waals surface area contributed by atoms with Crippen molar-refractivity contribution >= 4 is 11.6 Å². The molecule has 0 aliphatic carbocycles. The van der Waals surface area contributed by atoms with Crippen molar-refractivity contribution in [2.75, 3.05) is 13.2 Å². The standard InChI is InChI=1S/C13H16ClNO/c1-2-3-5-15-9-11-8-12(14)7-10-4-6-16-13(10)11/h2,7-8,15H,1,3-6,9H2. The Kier molecular flexibility index (Phi) is 3.86. The average Bonchev–Trinajstić information content (AvgIpc) is 2.72. The summed E-state index contributed by atoms with van der Waals surface area (Å²) in [6, 6.07) is 3.98. The lowest BCUT2D eigenvalue weighted by Crippen LogP contribution is -2.14. The maximum atomic E-state index is 6.07. The van der Waals surface area contributed by atoms with E-state index in [0.717, 1.165) is 48.9 Å². The van der Waals surface area contributed by atoms with Crippen LogP contribution in [0.15, 0.2) is 24.8 Å². The van der Waals surface area contributed by atoms with Gasteiger partial charge in [0.05, 0.1) is 6.61 Å². The second kappa shape index (κ2) is 5.37. The molecule has 2 nitrogen and oxygen atoms in total. The molecule has 0 saturated carbocycles. The molecule has 1 aliphatic rings. The fourth-order valence-electron chi connectivity index (χ4n) is 1.90. The molecular formula is C13H16ClNO. The molecule has 86 valence electrons. The minimum Gasteiger partial charge on any atom is -0.493 e. The molecule has 1 N–H and O–H groups in total. The lowest BCUT2D eigenvalue weighted by molar-refractivity contribution is 0.352. The van der Waals surface area contributed by atoms with Crippen molar-refractivity contribution in [2.24, 2.45) is 0 Å². The van der Waals surface area contributed by atoms with E-state index in [1.807, 2.05) is 18.2 Å². The number of hydrogen-bond acceptors (Lipinski definition) is 2.